The van der Waals surface area contributed by atoms with E-state index in [-0.39, 0.29) is 30.7 Å². The molecule has 1 aromatic carbocycles. The quantitative estimate of drug-likeness (QED) is 0.816. The van der Waals surface area contributed by atoms with Crippen molar-refractivity contribution in [1.82, 2.24) is 15.2 Å². The number of hydrogen-bond acceptors (Lipinski definition) is 3. The zero-order chi connectivity index (χ0) is 17.4. The van der Waals surface area contributed by atoms with Crippen LogP contribution in [0.4, 0.5) is 0 Å². The van der Waals surface area contributed by atoms with Crippen LogP contribution < -0.4 is 5.32 Å². The van der Waals surface area contributed by atoms with Crippen molar-refractivity contribution >= 4 is 41.6 Å². The van der Waals surface area contributed by atoms with Gasteiger partial charge in [0.15, 0.2) is 0 Å². The fourth-order valence-electron chi connectivity index (χ4n) is 3.92. The molecule has 1 aliphatic carbocycles. The van der Waals surface area contributed by atoms with Crippen LogP contribution in [0.2, 0.25) is 0 Å². The standard InChI is InChI=1S/C21H27N3O.2ClH/c1-14-3-6-19-17(11-14)18(12-20(23-19)16-4-5-16)21(25)24-9-7-15(8-10-24)13-22-2;;/h3,6,11-12,15-16,22H,4-5,7-10,13H2,1-2H3;2*1H. The number of benzene rings is 1. The first-order chi connectivity index (χ1) is 12.2. The van der Waals surface area contributed by atoms with E-state index in [9.17, 15) is 4.79 Å². The van der Waals surface area contributed by atoms with Crippen molar-refractivity contribution in [2.75, 3.05) is 26.7 Å². The van der Waals surface area contributed by atoms with Crippen LogP contribution in [0.5, 0.6) is 0 Å². The van der Waals surface area contributed by atoms with Gasteiger partial charge in [0.1, 0.15) is 0 Å². The van der Waals surface area contributed by atoms with Gasteiger partial charge in [-0.25, -0.2) is 0 Å². The Balaban J connectivity index is 0.00000131. The van der Waals surface area contributed by atoms with Gasteiger partial charge in [0.25, 0.3) is 5.91 Å². The number of halogens is 2. The van der Waals surface area contributed by atoms with Crippen LogP contribution in [-0.2, 0) is 0 Å². The topological polar surface area (TPSA) is 45.2 Å². The highest BCUT2D eigenvalue weighted by molar-refractivity contribution is 6.06. The summed E-state index contributed by atoms with van der Waals surface area (Å²) in [7, 11) is 2.00. The maximum Gasteiger partial charge on any atom is 0.254 e. The second kappa shape index (κ2) is 9.22. The monoisotopic (exact) mass is 409 g/mol. The lowest BCUT2D eigenvalue weighted by atomic mass is 9.95. The van der Waals surface area contributed by atoms with E-state index in [2.05, 4.69) is 36.5 Å². The number of amides is 1. The predicted octanol–water partition coefficient (Wildman–Crippen LogP) is 4.34. The molecule has 1 N–H and O–H groups in total. The molecule has 1 saturated heterocycles. The number of hydrogen-bond donors (Lipinski definition) is 1. The van der Waals surface area contributed by atoms with Gasteiger partial charge < -0.3 is 10.2 Å². The normalized spacial score (nSPS) is 17.3. The van der Waals surface area contributed by atoms with E-state index in [1.165, 1.54) is 18.4 Å². The minimum Gasteiger partial charge on any atom is -0.339 e. The average Bonchev–Trinajstić information content (AvgIpc) is 3.46. The molecule has 1 aliphatic heterocycles. The number of aromatic nitrogens is 1. The number of aryl methyl sites for hydroxylation is 1. The Morgan fingerprint density at radius 3 is 2.48 bits per heavy atom. The lowest BCUT2D eigenvalue weighted by molar-refractivity contribution is 0.0692. The maximum atomic E-state index is 13.3. The molecule has 0 spiro atoms. The first-order valence-electron chi connectivity index (χ1n) is 9.51. The molecule has 1 saturated carbocycles. The van der Waals surface area contributed by atoms with E-state index in [1.807, 2.05) is 11.9 Å². The van der Waals surface area contributed by atoms with Crippen LogP contribution in [0.3, 0.4) is 0 Å². The molecule has 2 aliphatic rings. The summed E-state index contributed by atoms with van der Waals surface area (Å²) < 4.78 is 0. The largest absolute Gasteiger partial charge is 0.339 e. The predicted molar refractivity (Wildman–Crippen MR) is 116 cm³/mol. The van der Waals surface area contributed by atoms with Gasteiger partial charge in [0.2, 0.25) is 0 Å². The van der Waals surface area contributed by atoms with Crippen LogP contribution in [-0.4, -0.2) is 42.5 Å². The summed E-state index contributed by atoms with van der Waals surface area (Å²) in [6, 6.07) is 8.33. The summed E-state index contributed by atoms with van der Waals surface area (Å²) in [6.45, 7) is 4.84. The van der Waals surface area contributed by atoms with Gasteiger partial charge in [-0.15, -0.1) is 24.8 Å². The highest BCUT2D eigenvalue weighted by Gasteiger charge is 2.29. The summed E-state index contributed by atoms with van der Waals surface area (Å²) in [5, 5.41) is 4.26. The van der Waals surface area contributed by atoms with Gasteiger partial charge in [-0.05, 0) is 70.3 Å². The first-order valence-corrected chi connectivity index (χ1v) is 9.51. The Hall–Kier alpha value is -1.36. The molecule has 0 bridgehead atoms. The molecule has 4 rings (SSSR count). The highest BCUT2D eigenvalue weighted by atomic mass is 35.5. The van der Waals surface area contributed by atoms with Crippen molar-refractivity contribution in [1.29, 1.82) is 0 Å². The van der Waals surface area contributed by atoms with Crippen LogP contribution in [0.25, 0.3) is 10.9 Å². The van der Waals surface area contributed by atoms with Crippen LogP contribution in [0, 0.1) is 12.8 Å². The highest BCUT2D eigenvalue weighted by Crippen LogP contribution is 2.40. The second-order valence-corrected chi connectivity index (χ2v) is 7.68. The molecular weight excluding hydrogens is 381 g/mol. The molecule has 148 valence electrons. The molecule has 1 amide bonds. The molecule has 0 radical (unpaired) electrons. The van der Waals surface area contributed by atoms with Gasteiger partial charge >= 0.3 is 0 Å². The molecule has 2 fully saturated rings. The van der Waals surface area contributed by atoms with Gasteiger partial charge in [0.05, 0.1) is 11.1 Å². The lowest BCUT2D eigenvalue weighted by Crippen LogP contribution is -2.40. The summed E-state index contributed by atoms with van der Waals surface area (Å²) >= 11 is 0. The zero-order valence-electron chi connectivity index (χ0n) is 16.0. The molecule has 2 heterocycles. The third kappa shape index (κ3) is 4.74. The van der Waals surface area contributed by atoms with Crippen molar-refractivity contribution in [3.05, 3.63) is 41.1 Å². The summed E-state index contributed by atoms with van der Waals surface area (Å²) in [5.74, 6) is 1.42. The Morgan fingerprint density at radius 1 is 1.15 bits per heavy atom. The number of fused-ring (bicyclic) bond motifs is 1. The molecular formula is C21H29Cl2N3O. The van der Waals surface area contributed by atoms with E-state index in [0.717, 1.165) is 54.6 Å². The molecule has 0 unspecified atom stereocenters. The van der Waals surface area contributed by atoms with Crippen molar-refractivity contribution in [3.63, 3.8) is 0 Å². The smallest absolute Gasteiger partial charge is 0.254 e. The summed E-state index contributed by atoms with van der Waals surface area (Å²) in [4.78, 5) is 20.1. The summed E-state index contributed by atoms with van der Waals surface area (Å²) in [5.41, 5.74) is 4.09. The molecule has 4 nitrogen and oxygen atoms in total. The van der Waals surface area contributed by atoms with E-state index >= 15 is 0 Å². The third-order valence-corrected chi connectivity index (χ3v) is 5.60. The Bertz CT molecular complexity index is 799. The van der Waals surface area contributed by atoms with Crippen LogP contribution >= 0.6 is 24.8 Å². The Labute approximate surface area is 173 Å². The maximum absolute atomic E-state index is 13.3. The number of piperidine rings is 1. The SMILES string of the molecule is CNCC1CCN(C(=O)c2cc(C3CC3)nc3ccc(C)cc23)CC1.Cl.Cl. The van der Waals surface area contributed by atoms with E-state index in [0.29, 0.717) is 11.8 Å². The third-order valence-electron chi connectivity index (χ3n) is 5.60. The van der Waals surface area contributed by atoms with Crippen molar-refractivity contribution in [2.45, 2.75) is 38.5 Å². The molecule has 1 aromatic heterocycles. The number of nitrogens with one attached hydrogen (secondary N) is 1. The molecule has 2 aromatic rings. The molecule has 6 heteroatoms. The Morgan fingerprint density at radius 2 is 1.85 bits per heavy atom. The second-order valence-electron chi connectivity index (χ2n) is 7.68. The average molecular weight is 410 g/mol. The fraction of sp³-hybridized carbons (Fsp3) is 0.524. The molecule has 27 heavy (non-hydrogen) atoms. The lowest BCUT2D eigenvalue weighted by Gasteiger charge is -2.32. The van der Waals surface area contributed by atoms with E-state index in [1.54, 1.807) is 0 Å². The van der Waals surface area contributed by atoms with Crippen molar-refractivity contribution in [2.24, 2.45) is 5.92 Å². The molecule has 0 atom stereocenters. The van der Waals surface area contributed by atoms with Gasteiger partial charge in [-0.2, -0.15) is 0 Å². The Kier molecular flexibility index (Phi) is 7.49. The van der Waals surface area contributed by atoms with E-state index in [4.69, 9.17) is 4.98 Å². The van der Waals surface area contributed by atoms with Crippen molar-refractivity contribution < 1.29 is 4.79 Å². The number of pyridine rings is 1. The fourth-order valence-corrected chi connectivity index (χ4v) is 3.92. The number of likely N-dealkylation sites (tertiary alicyclic amines) is 1. The first kappa shape index (κ1) is 21.9. The van der Waals surface area contributed by atoms with Gasteiger partial charge in [0, 0.05) is 30.1 Å². The number of carbonyl (C=O) groups is 1. The number of rotatable bonds is 4. The minimum absolute atomic E-state index is 0. The van der Waals surface area contributed by atoms with Crippen molar-refractivity contribution in [3.8, 4) is 0 Å². The van der Waals surface area contributed by atoms with Crippen LogP contribution in [0.15, 0.2) is 24.3 Å². The summed E-state index contributed by atoms with van der Waals surface area (Å²) in [6.07, 6.45) is 4.58. The van der Waals surface area contributed by atoms with Gasteiger partial charge in [-0.1, -0.05) is 11.6 Å². The van der Waals surface area contributed by atoms with Gasteiger partial charge in [-0.3, -0.25) is 9.78 Å². The van der Waals surface area contributed by atoms with Crippen LogP contribution in [0.1, 0.15) is 53.2 Å². The van der Waals surface area contributed by atoms with E-state index < -0.39 is 0 Å². The minimum atomic E-state index is 0. The number of nitrogens with zero attached hydrogens (tertiary/aromatic N) is 2. The number of carbonyl (C=O) groups excluding carboxylic acids is 1. The zero-order valence-corrected chi connectivity index (χ0v) is 17.7.